The van der Waals surface area contributed by atoms with E-state index in [-0.39, 0.29) is 5.91 Å². The lowest BCUT2D eigenvalue weighted by Gasteiger charge is -2.26. The molecule has 0 aromatic rings. The molecule has 0 aromatic heterocycles. The van der Waals surface area contributed by atoms with E-state index >= 15 is 0 Å². The molecule has 0 aliphatic carbocycles. The van der Waals surface area contributed by atoms with Gasteiger partial charge in [0.15, 0.2) is 0 Å². The van der Waals surface area contributed by atoms with E-state index in [9.17, 15) is 10.1 Å². The molecule has 3 nitrogen and oxygen atoms in total. The molecule has 1 N–H and O–H groups in total. The summed E-state index contributed by atoms with van der Waals surface area (Å²) in [4.78, 5) is 12.3. The van der Waals surface area contributed by atoms with E-state index in [1.165, 1.54) is 0 Å². The summed E-state index contributed by atoms with van der Waals surface area (Å²) in [7, 11) is 0. The third-order valence-corrected chi connectivity index (χ3v) is 3.72. The van der Waals surface area contributed by atoms with Crippen molar-refractivity contribution < 1.29 is 4.79 Å². The first-order chi connectivity index (χ1) is 8.43. The van der Waals surface area contributed by atoms with Crippen LogP contribution in [0.4, 0.5) is 0 Å². The molecule has 3 heteroatoms. The van der Waals surface area contributed by atoms with Crippen LogP contribution < -0.4 is 5.32 Å². The van der Waals surface area contributed by atoms with Crippen molar-refractivity contribution >= 4 is 5.91 Å². The Morgan fingerprint density at radius 3 is 2.06 bits per heavy atom. The van der Waals surface area contributed by atoms with Crippen LogP contribution in [0.3, 0.4) is 0 Å². The molecule has 18 heavy (non-hydrogen) atoms. The van der Waals surface area contributed by atoms with Crippen molar-refractivity contribution in [3.05, 3.63) is 0 Å². The maximum Gasteiger partial charge on any atom is 0.240 e. The van der Waals surface area contributed by atoms with Gasteiger partial charge in [-0.05, 0) is 24.7 Å². The first kappa shape index (κ1) is 17.0. The number of hydrogen-bond acceptors (Lipinski definition) is 2. The lowest BCUT2D eigenvalue weighted by Crippen LogP contribution is -2.42. The van der Waals surface area contributed by atoms with Gasteiger partial charge < -0.3 is 5.32 Å². The van der Waals surface area contributed by atoms with Crippen LogP contribution >= 0.6 is 0 Å². The first-order valence-corrected chi connectivity index (χ1v) is 7.13. The Morgan fingerprint density at radius 1 is 1.22 bits per heavy atom. The Morgan fingerprint density at radius 2 is 1.72 bits per heavy atom. The van der Waals surface area contributed by atoms with Gasteiger partial charge in [0.2, 0.25) is 5.91 Å². The quantitative estimate of drug-likeness (QED) is 0.718. The van der Waals surface area contributed by atoms with E-state index in [4.69, 9.17) is 0 Å². The number of amides is 1. The van der Waals surface area contributed by atoms with Crippen molar-refractivity contribution in [1.29, 1.82) is 5.26 Å². The number of carbonyl (C=O) groups excluding carboxylic acids is 1. The van der Waals surface area contributed by atoms with Gasteiger partial charge in [0.25, 0.3) is 0 Å². The van der Waals surface area contributed by atoms with Gasteiger partial charge in [-0.3, -0.25) is 4.79 Å². The fourth-order valence-corrected chi connectivity index (χ4v) is 2.03. The van der Waals surface area contributed by atoms with Crippen LogP contribution in [-0.4, -0.2) is 12.5 Å². The number of nitrogens with zero attached hydrogens (tertiary/aromatic N) is 1. The van der Waals surface area contributed by atoms with Gasteiger partial charge in [0.1, 0.15) is 5.41 Å². The Kier molecular flexibility index (Phi) is 7.66. The van der Waals surface area contributed by atoms with Crippen molar-refractivity contribution in [3.63, 3.8) is 0 Å². The van der Waals surface area contributed by atoms with Gasteiger partial charge in [-0.15, -0.1) is 0 Å². The largest absolute Gasteiger partial charge is 0.354 e. The lowest BCUT2D eigenvalue weighted by atomic mass is 9.79. The van der Waals surface area contributed by atoms with E-state index in [1.54, 1.807) is 0 Å². The van der Waals surface area contributed by atoms with Crippen LogP contribution in [0.25, 0.3) is 0 Å². The molecule has 0 spiro atoms. The van der Waals surface area contributed by atoms with Crippen molar-refractivity contribution in [2.75, 3.05) is 6.54 Å². The highest BCUT2D eigenvalue weighted by molar-refractivity contribution is 5.85. The van der Waals surface area contributed by atoms with Crippen molar-refractivity contribution in [2.45, 2.75) is 60.3 Å². The predicted octanol–water partition coefficient (Wildman–Crippen LogP) is 3.50. The maximum atomic E-state index is 12.3. The molecule has 1 atom stereocenters. The smallest absolute Gasteiger partial charge is 0.240 e. The molecule has 1 amide bonds. The number of carbonyl (C=O) groups is 1. The Hall–Kier alpha value is -1.04. The van der Waals surface area contributed by atoms with Crippen molar-refractivity contribution in [3.8, 4) is 6.07 Å². The standard InChI is InChI=1S/C15H28N2O/c1-6-8-15(11-16,9-7-2)14(18)17-10-13(5)12(3)4/h12-13H,6-10H2,1-5H3,(H,17,18). The van der Waals surface area contributed by atoms with Crippen molar-refractivity contribution in [2.24, 2.45) is 17.3 Å². The van der Waals surface area contributed by atoms with Gasteiger partial charge in [-0.2, -0.15) is 5.26 Å². The first-order valence-electron chi connectivity index (χ1n) is 7.13. The molecular formula is C15H28N2O. The fraction of sp³-hybridized carbons (Fsp3) is 0.867. The predicted molar refractivity (Wildman–Crippen MR) is 74.9 cm³/mol. The average molecular weight is 252 g/mol. The molecule has 0 rings (SSSR count). The minimum absolute atomic E-state index is 0.0822. The fourth-order valence-electron chi connectivity index (χ4n) is 2.03. The topological polar surface area (TPSA) is 52.9 Å². The maximum absolute atomic E-state index is 12.3. The zero-order valence-electron chi connectivity index (χ0n) is 12.5. The van der Waals surface area contributed by atoms with Gasteiger partial charge in [0, 0.05) is 6.54 Å². The zero-order chi connectivity index (χ0) is 14.2. The number of hydrogen-bond donors (Lipinski definition) is 1. The molecule has 0 saturated carbocycles. The molecule has 0 aliphatic heterocycles. The van der Waals surface area contributed by atoms with E-state index in [2.05, 4.69) is 32.2 Å². The summed E-state index contributed by atoms with van der Waals surface area (Å²) in [6.07, 6.45) is 3.03. The third kappa shape index (κ3) is 4.68. The second-order valence-electron chi connectivity index (χ2n) is 5.63. The molecule has 1 unspecified atom stereocenters. The van der Waals surface area contributed by atoms with Crippen LogP contribution in [0.5, 0.6) is 0 Å². The van der Waals surface area contributed by atoms with Crippen LogP contribution in [0.1, 0.15) is 60.3 Å². The highest BCUT2D eigenvalue weighted by Crippen LogP contribution is 2.29. The van der Waals surface area contributed by atoms with E-state index in [0.29, 0.717) is 31.2 Å². The Balaban J connectivity index is 4.62. The van der Waals surface area contributed by atoms with Gasteiger partial charge in [-0.1, -0.05) is 47.5 Å². The number of nitrogens with one attached hydrogen (secondary N) is 1. The van der Waals surface area contributed by atoms with Crippen LogP contribution in [0.15, 0.2) is 0 Å². The molecular weight excluding hydrogens is 224 g/mol. The molecule has 0 aliphatic rings. The SMILES string of the molecule is CCCC(C#N)(CCC)C(=O)NCC(C)C(C)C. The Bertz CT molecular complexity index is 285. The monoisotopic (exact) mass is 252 g/mol. The van der Waals surface area contributed by atoms with E-state index in [1.807, 2.05) is 13.8 Å². The minimum Gasteiger partial charge on any atom is -0.354 e. The van der Waals surface area contributed by atoms with Gasteiger partial charge in [0.05, 0.1) is 6.07 Å². The average Bonchev–Trinajstić information content (AvgIpc) is 2.34. The third-order valence-electron chi connectivity index (χ3n) is 3.72. The summed E-state index contributed by atoms with van der Waals surface area (Å²) in [5.74, 6) is 0.897. The minimum atomic E-state index is -0.819. The van der Waals surface area contributed by atoms with Gasteiger partial charge >= 0.3 is 0 Å². The molecule has 104 valence electrons. The second kappa shape index (κ2) is 8.13. The number of rotatable bonds is 8. The van der Waals surface area contributed by atoms with Crippen LogP contribution in [-0.2, 0) is 4.79 Å². The summed E-state index contributed by atoms with van der Waals surface area (Å²) < 4.78 is 0. The number of nitriles is 1. The second-order valence-corrected chi connectivity index (χ2v) is 5.63. The summed E-state index contributed by atoms with van der Waals surface area (Å²) in [5, 5.41) is 12.3. The molecule has 0 bridgehead atoms. The Labute approximate surface area is 112 Å². The summed E-state index contributed by atoms with van der Waals surface area (Å²) in [6.45, 7) is 11.1. The summed E-state index contributed by atoms with van der Waals surface area (Å²) >= 11 is 0. The molecule has 0 saturated heterocycles. The van der Waals surface area contributed by atoms with Crippen LogP contribution in [0.2, 0.25) is 0 Å². The summed E-state index contributed by atoms with van der Waals surface area (Å²) in [5.41, 5.74) is -0.819. The van der Waals surface area contributed by atoms with Gasteiger partial charge in [-0.25, -0.2) is 0 Å². The molecule has 0 radical (unpaired) electrons. The normalized spacial score (nSPS) is 13.2. The molecule has 0 heterocycles. The van der Waals surface area contributed by atoms with E-state index in [0.717, 1.165) is 12.8 Å². The summed E-state index contributed by atoms with van der Waals surface area (Å²) in [6, 6.07) is 2.26. The highest BCUT2D eigenvalue weighted by Gasteiger charge is 2.36. The molecule has 0 fully saturated rings. The van der Waals surface area contributed by atoms with E-state index < -0.39 is 5.41 Å². The van der Waals surface area contributed by atoms with Crippen LogP contribution in [0, 0.1) is 28.6 Å². The molecule has 0 aromatic carbocycles. The zero-order valence-corrected chi connectivity index (χ0v) is 12.5. The lowest BCUT2D eigenvalue weighted by molar-refractivity contribution is -0.129. The highest BCUT2D eigenvalue weighted by atomic mass is 16.2. The van der Waals surface area contributed by atoms with Crippen molar-refractivity contribution in [1.82, 2.24) is 5.32 Å².